The lowest BCUT2D eigenvalue weighted by molar-refractivity contribution is -0.144. The van der Waals surface area contributed by atoms with Crippen molar-refractivity contribution in [2.75, 3.05) is 13.7 Å². The molecule has 0 bridgehead atoms. The summed E-state index contributed by atoms with van der Waals surface area (Å²) in [7, 11) is 1.40. The summed E-state index contributed by atoms with van der Waals surface area (Å²) >= 11 is 5.00. The molecule has 8 nitrogen and oxygen atoms in total. The van der Waals surface area contributed by atoms with Crippen LogP contribution in [-0.2, 0) is 14.4 Å². The number of carbonyl (C=O) groups excluding carboxylic acids is 2. The van der Waals surface area contributed by atoms with E-state index in [-0.39, 0.29) is 28.7 Å². The highest BCUT2D eigenvalue weighted by atomic mass is 32.1. The fraction of sp³-hybridized carbons (Fsp3) is 0.222. The number of carbonyl (C=O) groups is 3. The van der Waals surface area contributed by atoms with Crippen LogP contribution in [-0.4, -0.2) is 52.7 Å². The van der Waals surface area contributed by atoms with Crippen molar-refractivity contribution in [3.05, 3.63) is 42.0 Å². The van der Waals surface area contributed by atoms with Crippen molar-refractivity contribution in [3.8, 4) is 11.5 Å². The minimum atomic E-state index is -1.12. The highest BCUT2D eigenvalue weighted by Gasteiger charge is 2.32. The molecule has 0 spiro atoms. The third kappa shape index (κ3) is 4.50. The summed E-state index contributed by atoms with van der Waals surface area (Å²) in [5.41, 5.74) is 0.395. The number of amides is 2. The molecule has 2 N–H and O–H groups in total. The third-order valence-electron chi connectivity index (χ3n) is 3.65. The maximum absolute atomic E-state index is 12.5. The van der Waals surface area contributed by atoms with Crippen LogP contribution in [0.3, 0.4) is 0 Å². The Balaban J connectivity index is 2.35. The van der Waals surface area contributed by atoms with Crippen LogP contribution in [0.1, 0.15) is 12.5 Å². The molecule has 2 rings (SSSR count). The largest absolute Gasteiger partial charge is 0.493 e. The van der Waals surface area contributed by atoms with Gasteiger partial charge in [-0.3, -0.25) is 19.8 Å². The van der Waals surface area contributed by atoms with E-state index in [2.05, 4.69) is 11.9 Å². The predicted octanol–water partition coefficient (Wildman–Crippen LogP) is 1.36. The van der Waals surface area contributed by atoms with E-state index in [1.165, 1.54) is 43.2 Å². The van der Waals surface area contributed by atoms with Gasteiger partial charge in [-0.1, -0.05) is 12.1 Å². The molecule has 0 aromatic heterocycles. The molecule has 1 saturated heterocycles. The minimum absolute atomic E-state index is 0.0195. The fourth-order valence-electron chi connectivity index (χ4n) is 2.27. The molecule has 2 amide bonds. The predicted molar refractivity (Wildman–Crippen MR) is 101 cm³/mol. The van der Waals surface area contributed by atoms with Gasteiger partial charge in [-0.15, -0.1) is 6.58 Å². The van der Waals surface area contributed by atoms with Gasteiger partial charge >= 0.3 is 5.97 Å². The van der Waals surface area contributed by atoms with Gasteiger partial charge in [0.2, 0.25) is 0 Å². The smallest absolute Gasteiger partial charge is 0.344 e. The molecule has 9 heteroatoms. The Morgan fingerprint density at radius 2 is 2.11 bits per heavy atom. The highest BCUT2D eigenvalue weighted by molar-refractivity contribution is 7.80. The zero-order valence-corrected chi connectivity index (χ0v) is 15.5. The van der Waals surface area contributed by atoms with E-state index in [4.69, 9.17) is 26.8 Å². The van der Waals surface area contributed by atoms with E-state index in [1.54, 1.807) is 6.07 Å². The molecule has 1 aromatic carbocycles. The number of nitrogens with zero attached hydrogens (tertiary/aromatic N) is 1. The minimum Gasteiger partial charge on any atom is -0.493 e. The van der Waals surface area contributed by atoms with Gasteiger partial charge in [0, 0.05) is 6.54 Å². The molecular weight excluding hydrogens is 372 g/mol. The van der Waals surface area contributed by atoms with E-state index >= 15 is 0 Å². The van der Waals surface area contributed by atoms with Gasteiger partial charge in [0.15, 0.2) is 22.7 Å². The van der Waals surface area contributed by atoms with Crippen molar-refractivity contribution >= 4 is 41.2 Å². The maximum Gasteiger partial charge on any atom is 0.344 e. The third-order valence-corrected chi connectivity index (χ3v) is 3.97. The molecule has 1 aliphatic rings. The first kappa shape index (κ1) is 20.1. The Labute approximate surface area is 161 Å². The second-order valence-corrected chi connectivity index (χ2v) is 5.92. The van der Waals surface area contributed by atoms with Gasteiger partial charge < -0.3 is 14.6 Å². The van der Waals surface area contributed by atoms with Crippen molar-refractivity contribution in [2.45, 2.75) is 13.0 Å². The molecule has 0 unspecified atom stereocenters. The zero-order chi connectivity index (χ0) is 20.1. The van der Waals surface area contributed by atoms with E-state index in [0.717, 1.165) is 0 Å². The number of rotatable bonds is 7. The number of aliphatic carboxylic acids is 1. The summed E-state index contributed by atoms with van der Waals surface area (Å²) in [4.78, 5) is 36.8. The number of carboxylic acid groups (broad SMARTS) is 1. The van der Waals surface area contributed by atoms with Crippen LogP contribution >= 0.6 is 12.2 Å². The monoisotopic (exact) mass is 390 g/mol. The second kappa shape index (κ2) is 8.45. The van der Waals surface area contributed by atoms with Crippen molar-refractivity contribution in [2.24, 2.45) is 0 Å². The van der Waals surface area contributed by atoms with Crippen LogP contribution in [0.15, 0.2) is 36.4 Å². The lowest BCUT2D eigenvalue weighted by Gasteiger charge is -2.27. The van der Waals surface area contributed by atoms with Crippen molar-refractivity contribution in [3.63, 3.8) is 0 Å². The Bertz CT molecular complexity index is 848. The Hall–Kier alpha value is -3.20. The van der Waals surface area contributed by atoms with Crippen LogP contribution < -0.4 is 14.8 Å². The molecule has 27 heavy (non-hydrogen) atoms. The van der Waals surface area contributed by atoms with E-state index in [0.29, 0.717) is 5.56 Å². The summed E-state index contributed by atoms with van der Waals surface area (Å²) < 4.78 is 10.5. The molecule has 1 heterocycles. The van der Waals surface area contributed by atoms with Gasteiger partial charge in [0.1, 0.15) is 5.57 Å². The summed E-state index contributed by atoms with van der Waals surface area (Å²) in [5, 5.41) is 11.4. The van der Waals surface area contributed by atoms with Gasteiger partial charge in [0.25, 0.3) is 11.8 Å². The first-order chi connectivity index (χ1) is 12.8. The highest BCUT2D eigenvalue weighted by Crippen LogP contribution is 2.30. The van der Waals surface area contributed by atoms with Crippen LogP contribution in [0.4, 0.5) is 0 Å². The molecule has 1 fully saturated rings. The van der Waals surface area contributed by atoms with Crippen LogP contribution in [0, 0.1) is 0 Å². The van der Waals surface area contributed by atoms with Crippen LogP contribution in [0.25, 0.3) is 6.08 Å². The van der Waals surface area contributed by atoms with Crippen molar-refractivity contribution in [1.29, 1.82) is 0 Å². The molecule has 1 aliphatic heterocycles. The Morgan fingerprint density at radius 3 is 2.70 bits per heavy atom. The topological polar surface area (TPSA) is 105 Å². The van der Waals surface area contributed by atoms with E-state index < -0.39 is 23.9 Å². The average Bonchev–Trinajstić information content (AvgIpc) is 2.63. The SMILES string of the molecule is C=CCN1C(=O)/C(=C\c2ccc(O[C@@H](C)C(=O)O)c(OC)c2)C(=O)NC1=S. The number of methoxy groups -OCH3 is 1. The maximum atomic E-state index is 12.5. The Morgan fingerprint density at radius 1 is 1.41 bits per heavy atom. The number of ether oxygens (including phenoxy) is 2. The van der Waals surface area contributed by atoms with Gasteiger partial charge in [-0.25, -0.2) is 4.79 Å². The average molecular weight is 390 g/mol. The molecule has 0 saturated carbocycles. The molecule has 142 valence electrons. The first-order valence-electron chi connectivity index (χ1n) is 7.85. The number of benzene rings is 1. The number of hydrogen-bond donors (Lipinski definition) is 2. The lowest BCUT2D eigenvalue weighted by atomic mass is 10.1. The van der Waals surface area contributed by atoms with Crippen molar-refractivity contribution < 1.29 is 29.0 Å². The zero-order valence-electron chi connectivity index (χ0n) is 14.7. The van der Waals surface area contributed by atoms with E-state index in [1.807, 2.05) is 0 Å². The second-order valence-electron chi connectivity index (χ2n) is 5.53. The van der Waals surface area contributed by atoms with Crippen LogP contribution in [0.2, 0.25) is 0 Å². The summed E-state index contributed by atoms with van der Waals surface area (Å²) in [5.74, 6) is -1.78. The van der Waals surface area contributed by atoms with Gasteiger partial charge in [-0.05, 0) is 42.9 Å². The molecular formula is C18H18N2O6S. The lowest BCUT2D eigenvalue weighted by Crippen LogP contribution is -2.53. The molecule has 0 radical (unpaired) electrons. The standard InChI is InChI=1S/C18H18N2O6S/c1-4-7-20-16(22)12(15(21)19-18(20)27)8-11-5-6-13(14(9-11)25-3)26-10(2)17(23)24/h4-6,8-10H,1,7H2,2-3H3,(H,23,24)(H,19,21,27)/b12-8-/t10-/m0/s1. The summed E-state index contributed by atoms with van der Waals surface area (Å²) in [6.07, 6.45) is 1.82. The normalized spacial score (nSPS) is 16.7. The molecule has 0 aliphatic carbocycles. The molecule has 1 atom stereocenters. The van der Waals surface area contributed by atoms with Gasteiger partial charge in [-0.2, -0.15) is 0 Å². The van der Waals surface area contributed by atoms with Crippen LogP contribution in [0.5, 0.6) is 11.5 Å². The summed E-state index contributed by atoms with van der Waals surface area (Å²) in [6.45, 7) is 5.12. The summed E-state index contributed by atoms with van der Waals surface area (Å²) in [6, 6.07) is 4.61. The quantitative estimate of drug-likeness (QED) is 0.313. The van der Waals surface area contributed by atoms with Crippen molar-refractivity contribution in [1.82, 2.24) is 10.2 Å². The number of carboxylic acids is 1. The first-order valence-corrected chi connectivity index (χ1v) is 8.26. The Kier molecular flexibility index (Phi) is 6.30. The fourth-order valence-corrected chi connectivity index (χ4v) is 2.52. The number of hydrogen-bond acceptors (Lipinski definition) is 6. The number of nitrogens with one attached hydrogen (secondary N) is 1. The van der Waals surface area contributed by atoms with E-state index in [9.17, 15) is 14.4 Å². The van der Waals surface area contributed by atoms with Gasteiger partial charge in [0.05, 0.1) is 7.11 Å². The molecule has 1 aromatic rings. The number of thiocarbonyl (C=S) groups is 1.